The molecule has 150 valence electrons. The minimum absolute atomic E-state index is 0.0635. The molecule has 1 aromatic heterocycles. The predicted octanol–water partition coefficient (Wildman–Crippen LogP) is 4.02. The zero-order chi connectivity index (χ0) is 20.3. The molecule has 1 aliphatic heterocycles. The molecule has 1 aliphatic carbocycles. The highest BCUT2D eigenvalue weighted by Crippen LogP contribution is 2.41. The van der Waals surface area contributed by atoms with Gasteiger partial charge in [-0.2, -0.15) is 5.10 Å². The van der Waals surface area contributed by atoms with Crippen LogP contribution in [0.15, 0.2) is 33.7 Å². The van der Waals surface area contributed by atoms with Gasteiger partial charge in [0, 0.05) is 29.4 Å². The minimum Gasteiger partial charge on any atom is -0.506 e. The van der Waals surface area contributed by atoms with E-state index in [1.807, 2.05) is 28.5 Å². The predicted molar refractivity (Wildman–Crippen MR) is 116 cm³/mol. The van der Waals surface area contributed by atoms with Crippen LogP contribution in [0.4, 0.5) is 0 Å². The van der Waals surface area contributed by atoms with Crippen molar-refractivity contribution in [2.24, 2.45) is 11.0 Å². The molecule has 2 aliphatic rings. The van der Waals surface area contributed by atoms with Gasteiger partial charge in [0.2, 0.25) is 0 Å². The Hall–Kier alpha value is -1.90. The fraction of sp³-hybridized carbons (Fsp3) is 0.421. The number of carboxylic acid groups (broad SMARTS) is 1. The van der Waals surface area contributed by atoms with Gasteiger partial charge in [0.15, 0.2) is 5.11 Å². The maximum Gasteiger partial charge on any atom is 0.306 e. The second-order valence-electron chi connectivity index (χ2n) is 6.89. The third-order valence-corrected chi connectivity index (χ3v) is 6.74. The van der Waals surface area contributed by atoms with Crippen LogP contribution in [0.25, 0.3) is 0 Å². The molecule has 1 saturated heterocycles. The van der Waals surface area contributed by atoms with Crippen LogP contribution in [0.5, 0.6) is 5.75 Å². The monoisotopic (exact) mass is 439 g/mol. The Balaban J connectivity index is 1.61. The maximum absolute atomic E-state index is 11.0. The van der Waals surface area contributed by atoms with Gasteiger partial charge in [-0.3, -0.25) is 10.2 Å². The topological polar surface area (TPSA) is 85.2 Å². The number of thiophene rings is 1. The summed E-state index contributed by atoms with van der Waals surface area (Å²) in [5.74, 6) is -0.765. The van der Waals surface area contributed by atoms with Gasteiger partial charge in [-0.1, -0.05) is 23.8 Å². The molecule has 2 heterocycles. The Morgan fingerprint density at radius 3 is 2.79 bits per heavy atom. The van der Waals surface area contributed by atoms with Gasteiger partial charge in [0.25, 0.3) is 0 Å². The minimum atomic E-state index is -0.749. The molecule has 3 N–H and O–H groups in total. The summed E-state index contributed by atoms with van der Waals surface area (Å²) in [7, 11) is 0. The first-order valence-electron chi connectivity index (χ1n) is 9.02. The number of likely N-dealkylation sites (tertiary alicyclic amines) is 1. The highest BCUT2D eigenvalue weighted by Gasteiger charge is 2.26. The molecule has 0 amide bonds. The molecule has 3 rings (SSSR count). The number of hydrogen-bond acceptors (Lipinski definition) is 5. The molecule has 1 fully saturated rings. The van der Waals surface area contributed by atoms with Crippen molar-refractivity contribution in [2.75, 3.05) is 13.1 Å². The lowest BCUT2D eigenvalue weighted by molar-refractivity contribution is -0.143. The number of aromatic hydroxyl groups is 1. The number of thiocarbonyl (C=S) groups is 1. The van der Waals surface area contributed by atoms with Crippen molar-refractivity contribution in [3.05, 3.63) is 39.1 Å². The lowest BCUT2D eigenvalue weighted by Gasteiger charge is -2.31. The Morgan fingerprint density at radius 2 is 2.14 bits per heavy atom. The number of nitrogens with zero attached hydrogens (tertiary/aromatic N) is 2. The van der Waals surface area contributed by atoms with Crippen molar-refractivity contribution in [1.29, 1.82) is 0 Å². The molecule has 1 unspecified atom stereocenters. The van der Waals surface area contributed by atoms with E-state index in [1.54, 1.807) is 6.92 Å². The number of hydrogen-bond donors (Lipinski definition) is 3. The Kier molecular flexibility index (Phi) is 6.74. The molecule has 1 atom stereocenters. The first kappa shape index (κ1) is 20.8. The van der Waals surface area contributed by atoms with Crippen LogP contribution in [0.1, 0.15) is 42.5 Å². The summed E-state index contributed by atoms with van der Waals surface area (Å²) in [4.78, 5) is 13.8. The smallest absolute Gasteiger partial charge is 0.306 e. The molecular weight excluding hydrogens is 418 g/mol. The van der Waals surface area contributed by atoms with Gasteiger partial charge < -0.3 is 15.1 Å². The van der Waals surface area contributed by atoms with Crippen LogP contribution < -0.4 is 5.43 Å². The number of carbonyl (C=O) groups is 1. The van der Waals surface area contributed by atoms with Crippen LogP contribution in [0.3, 0.4) is 0 Å². The number of aliphatic carboxylic acids is 1. The summed E-state index contributed by atoms with van der Waals surface area (Å²) in [5.41, 5.74) is 4.16. The van der Waals surface area contributed by atoms with Crippen LogP contribution in [0.2, 0.25) is 0 Å². The molecule has 0 spiro atoms. The highest BCUT2D eigenvalue weighted by molar-refractivity contribution is 7.80. The van der Waals surface area contributed by atoms with E-state index in [4.69, 9.17) is 28.9 Å². The molecule has 9 heteroatoms. The second kappa shape index (κ2) is 9.07. The zero-order valence-corrected chi connectivity index (χ0v) is 17.8. The number of rotatable bonds is 4. The Labute approximate surface area is 178 Å². The van der Waals surface area contributed by atoms with E-state index in [-0.39, 0.29) is 17.6 Å². The number of nitrogens with one attached hydrogen (secondary N) is 1. The molecule has 0 saturated carbocycles. The van der Waals surface area contributed by atoms with Gasteiger partial charge in [-0.25, -0.2) is 0 Å². The van der Waals surface area contributed by atoms with Crippen molar-refractivity contribution in [1.82, 2.24) is 10.3 Å². The van der Waals surface area contributed by atoms with Crippen molar-refractivity contribution < 1.29 is 15.0 Å². The zero-order valence-electron chi connectivity index (χ0n) is 15.4. The van der Waals surface area contributed by atoms with E-state index in [2.05, 4.69) is 10.5 Å². The third kappa shape index (κ3) is 4.74. The number of carboxylic acids is 1. The second-order valence-corrected chi connectivity index (χ2v) is 8.67. The lowest BCUT2D eigenvalue weighted by Crippen LogP contribution is -2.44. The SMILES string of the molecule is C/C(=N\NC(=S)N1CCC(C(=O)O)CC1)c1csc(C2C=CC=C(Cl)C2)c1O. The Morgan fingerprint density at radius 1 is 1.43 bits per heavy atom. The van der Waals surface area contributed by atoms with Crippen molar-refractivity contribution in [3.63, 3.8) is 0 Å². The normalized spacial score (nSPS) is 20.8. The van der Waals surface area contributed by atoms with Gasteiger partial charge in [-0.05, 0) is 44.5 Å². The fourth-order valence-electron chi connectivity index (χ4n) is 3.30. The average Bonchev–Trinajstić information content (AvgIpc) is 3.07. The fourth-order valence-corrected chi connectivity index (χ4v) is 4.85. The van der Waals surface area contributed by atoms with Crippen LogP contribution >= 0.6 is 35.2 Å². The first-order chi connectivity index (χ1) is 13.4. The van der Waals surface area contributed by atoms with Gasteiger partial charge in [0.1, 0.15) is 5.75 Å². The lowest BCUT2D eigenvalue weighted by atomic mass is 9.97. The van der Waals surface area contributed by atoms with Gasteiger partial charge in [0.05, 0.1) is 22.1 Å². The van der Waals surface area contributed by atoms with Crippen LogP contribution in [0, 0.1) is 5.92 Å². The molecule has 0 aromatic carbocycles. The number of halogens is 1. The van der Waals surface area contributed by atoms with E-state index in [0.29, 0.717) is 48.7 Å². The number of allylic oxidation sites excluding steroid dienone is 4. The summed E-state index contributed by atoms with van der Waals surface area (Å²) in [6.45, 7) is 2.99. The van der Waals surface area contributed by atoms with Crippen LogP contribution in [-0.4, -0.2) is 45.0 Å². The molecule has 1 aromatic rings. The van der Waals surface area contributed by atoms with Crippen molar-refractivity contribution in [2.45, 2.75) is 32.1 Å². The van der Waals surface area contributed by atoms with E-state index in [1.165, 1.54) is 11.3 Å². The van der Waals surface area contributed by atoms with E-state index < -0.39 is 5.97 Å². The van der Waals surface area contributed by atoms with Gasteiger partial charge >= 0.3 is 5.97 Å². The summed E-state index contributed by atoms with van der Waals surface area (Å²) in [5, 5.41) is 27.1. The molecular formula is C19H22ClN3O3S2. The van der Waals surface area contributed by atoms with E-state index in [9.17, 15) is 9.90 Å². The molecule has 0 bridgehead atoms. The summed E-state index contributed by atoms with van der Waals surface area (Å²) < 4.78 is 0. The van der Waals surface area contributed by atoms with Crippen molar-refractivity contribution >= 4 is 51.9 Å². The maximum atomic E-state index is 11.0. The van der Waals surface area contributed by atoms with Crippen molar-refractivity contribution in [3.8, 4) is 5.75 Å². The molecule has 28 heavy (non-hydrogen) atoms. The molecule has 6 nitrogen and oxygen atoms in total. The molecule has 0 radical (unpaired) electrons. The highest BCUT2D eigenvalue weighted by atomic mass is 35.5. The first-order valence-corrected chi connectivity index (χ1v) is 10.7. The summed E-state index contributed by atoms with van der Waals surface area (Å²) in [6, 6.07) is 0. The average molecular weight is 440 g/mol. The quantitative estimate of drug-likeness (QED) is 0.373. The van der Waals surface area contributed by atoms with Crippen LogP contribution in [-0.2, 0) is 4.79 Å². The summed E-state index contributed by atoms with van der Waals surface area (Å²) in [6.07, 6.45) is 7.61. The van der Waals surface area contributed by atoms with E-state index >= 15 is 0 Å². The largest absolute Gasteiger partial charge is 0.506 e. The van der Waals surface area contributed by atoms with E-state index in [0.717, 1.165) is 9.91 Å². The number of hydrazone groups is 1. The number of piperidine rings is 1. The van der Waals surface area contributed by atoms with Gasteiger partial charge in [-0.15, -0.1) is 11.3 Å². The third-order valence-electron chi connectivity index (χ3n) is 5.00. The Bertz CT molecular complexity index is 855. The summed E-state index contributed by atoms with van der Waals surface area (Å²) >= 11 is 13.0. The standard InChI is InChI=1S/C19H22ClN3O3S2/c1-11(21-22-19(27)23-7-5-12(6-8-23)18(25)26)15-10-28-17(16(15)24)13-3-2-4-14(20)9-13/h2-4,10,12-13,24H,5-9H2,1H3,(H,22,27)(H,25,26)/b21-11+.